The van der Waals surface area contributed by atoms with E-state index in [4.69, 9.17) is 0 Å². The highest BCUT2D eigenvalue weighted by Gasteiger charge is 2.30. The number of urea groups is 1. The van der Waals surface area contributed by atoms with Crippen LogP contribution in [0.1, 0.15) is 64.3 Å². The van der Waals surface area contributed by atoms with E-state index in [0.29, 0.717) is 12.3 Å². The highest BCUT2D eigenvalue weighted by molar-refractivity contribution is 5.77. The van der Waals surface area contributed by atoms with E-state index in [1.165, 1.54) is 5.56 Å². The van der Waals surface area contributed by atoms with Crippen molar-refractivity contribution < 1.29 is 9.90 Å². The van der Waals surface area contributed by atoms with Gasteiger partial charge in [-0.25, -0.2) is 4.79 Å². The van der Waals surface area contributed by atoms with Crippen LogP contribution in [0.25, 0.3) is 0 Å². The Morgan fingerprint density at radius 3 is 2.14 bits per heavy atom. The van der Waals surface area contributed by atoms with Gasteiger partial charge in [-0.2, -0.15) is 0 Å². The lowest BCUT2D eigenvalue weighted by Gasteiger charge is -2.28. The highest BCUT2D eigenvalue weighted by Crippen LogP contribution is 2.40. The van der Waals surface area contributed by atoms with Gasteiger partial charge in [0.05, 0.1) is 6.04 Å². The zero-order valence-corrected chi connectivity index (χ0v) is 13.8. The van der Waals surface area contributed by atoms with E-state index in [2.05, 4.69) is 58.2 Å². The first kappa shape index (κ1) is 15.7. The Morgan fingerprint density at radius 2 is 1.71 bits per heavy atom. The highest BCUT2D eigenvalue weighted by atomic mass is 16.3. The molecule has 1 aromatic rings. The number of phenolic OH excluding ortho intramolecular Hbond substituents is 1. The van der Waals surface area contributed by atoms with Crippen molar-refractivity contribution in [2.45, 2.75) is 58.4 Å². The number of carbonyl (C=O) groups is 1. The molecule has 1 aromatic carbocycles. The van der Waals surface area contributed by atoms with Crippen molar-refractivity contribution >= 4 is 6.03 Å². The smallest absolute Gasteiger partial charge is 0.315 e. The largest absolute Gasteiger partial charge is 0.507 e. The standard InChI is InChI=1S/C17H26N2O2/c1-16(2,3)10-7-11(13-9-18-15(21)19-13)14(20)12(8-10)17(4,5)6/h7-8,13,20H,9H2,1-6H3,(H2,18,19,21)/t13-/m0/s1. The number of carbonyl (C=O) groups excluding carboxylic acids is 1. The Morgan fingerprint density at radius 1 is 1.10 bits per heavy atom. The molecule has 2 amide bonds. The topological polar surface area (TPSA) is 61.4 Å². The predicted molar refractivity (Wildman–Crippen MR) is 84.8 cm³/mol. The van der Waals surface area contributed by atoms with Crippen molar-refractivity contribution in [1.82, 2.24) is 10.6 Å². The zero-order valence-electron chi connectivity index (χ0n) is 13.8. The van der Waals surface area contributed by atoms with E-state index in [0.717, 1.165) is 11.1 Å². The molecule has 1 heterocycles. The maximum absolute atomic E-state index is 11.4. The number of aromatic hydroxyl groups is 1. The molecule has 0 radical (unpaired) electrons. The molecule has 2 rings (SSSR count). The third kappa shape index (κ3) is 3.14. The normalized spacial score (nSPS) is 19.3. The first-order valence-corrected chi connectivity index (χ1v) is 7.42. The molecule has 0 aromatic heterocycles. The Balaban J connectivity index is 2.61. The Kier molecular flexibility index (Phi) is 3.68. The fourth-order valence-corrected chi connectivity index (χ4v) is 2.57. The van der Waals surface area contributed by atoms with Crippen LogP contribution in [0, 0.1) is 0 Å². The minimum Gasteiger partial charge on any atom is -0.507 e. The molecule has 0 saturated carbocycles. The summed E-state index contributed by atoms with van der Waals surface area (Å²) in [4.78, 5) is 11.4. The van der Waals surface area contributed by atoms with Gasteiger partial charge < -0.3 is 15.7 Å². The molecule has 1 atom stereocenters. The lowest BCUT2D eigenvalue weighted by molar-refractivity contribution is 0.247. The molecule has 1 aliphatic rings. The van der Waals surface area contributed by atoms with Crippen LogP contribution in [-0.2, 0) is 10.8 Å². The van der Waals surface area contributed by atoms with Gasteiger partial charge in [0.25, 0.3) is 0 Å². The quantitative estimate of drug-likeness (QED) is 0.743. The molecule has 0 aliphatic carbocycles. The molecule has 0 bridgehead atoms. The van der Waals surface area contributed by atoms with E-state index < -0.39 is 0 Å². The molecule has 4 nitrogen and oxygen atoms in total. The minimum absolute atomic E-state index is 0.0154. The summed E-state index contributed by atoms with van der Waals surface area (Å²) in [5.41, 5.74) is 2.72. The van der Waals surface area contributed by atoms with Crippen LogP contribution in [0.2, 0.25) is 0 Å². The van der Waals surface area contributed by atoms with E-state index in [9.17, 15) is 9.90 Å². The van der Waals surface area contributed by atoms with E-state index in [-0.39, 0.29) is 22.9 Å². The molecule has 0 unspecified atom stereocenters. The van der Waals surface area contributed by atoms with Crippen molar-refractivity contribution in [1.29, 1.82) is 0 Å². The predicted octanol–water partition coefficient (Wildman–Crippen LogP) is 3.34. The van der Waals surface area contributed by atoms with E-state index in [1.807, 2.05) is 6.07 Å². The number of phenols is 1. The summed E-state index contributed by atoms with van der Waals surface area (Å²) in [6, 6.07) is 3.74. The van der Waals surface area contributed by atoms with Crippen molar-refractivity contribution in [2.24, 2.45) is 0 Å². The van der Waals surface area contributed by atoms with Crippen LogP contribution < -0.4 is 10.6 Å². The molecular weight excluding hydrogens is 264 g/mol. The van der Waals surface area contributed by atoms with Crippen molar-refractivity contribution in [2.75, 3.05) is 6.54 Å². The van der Waals surface area contributed by atoms with Crippen LogP contribution in [-0.4, -0.2) is 17.7 Å². The van der Waals surface area contributed by atoms with Gasteiger partial charge >= 0.3 is 6.03 Å². The maximum Gasteiger partial charge on any atom is 0.315 e. The maximum atomic E-state index is 11.4. The van der Waals surface area contributed by atoms with Gasteiger partial charge in [-0.1, -0.05) is 47.6 Å². The van der Waals surface area contributed by atoms with Gasteiger partial charge in [0.2, 0.25) is 0 Å². The summed E-state index contributed by atoms with van der Waals surface area (Å²) >= 11 is 0. The number of amides is 2. The Hall–Kier alpha value is -1.71. The van der Waals surface area contributed by atoms with E-state index in [1.54, 1.807) is 0 Å². The summed E-state index contributed by atoms with van der Waals surface area (Å²) < 4.78 is 0. The first-order chi connectivity index (χ1) is 9.50. The second kappa shape index (κ2) is 4.93. The Bertz CT molecular complexity index is 565. The average Bonchev–Trinajstić information content (AvgIpc) is 2.72. The number of hydrogen-bond acceptors (Lipinski definition) is 2. The van der Waals surface area contributed by atoms with Crippen molar-refractivity contribution in [3.05, 3.63) is 28.8 Å². The molecule has 1 fully saturated rings. The summed E-state index contributed by atoms with van der Waals surface area (Å²) in [7, 11) is 0. The fourth-order valence-electron chi connectivity index (χ4n) is 2.57. The lowest BCUT2D eigenvalue weighted by Crippen LogP contribution is -2.23. The second-order valence-electron chi connectivity index (χ2n) is 7.87. The molecule has 3 N–H and O–H groups in total. The van der Waals surface area contributed by atoms with Crippen molar-refractivity contribution in [3.63, 3.8) is 0 Å². The zero-order chi connectivity index (χ0) is 16.0. The third-order valence-corrected chi connectivity index (χ3v) is 3.96. The van der Waals surface area contributed by atoms with Gasteiger partial charge in [-0.3, -0.25) is 0 Å². The van der Waals surface area contributed by atoms with Gasteiger partial charge in [-0.05, 0) is 28.0 Å². The van der Waals surface area contributed by atoms with Gasteiger partial charge in [0, 0.05) is 12.1 Å². The van der Waals surface area contributed by atoms with Gasteiger partial charge in [0.15, 0.2) is 0 Å². The SMILES string of the molecule is CC(C)(C)c1cc([C@@H]2CNC(=O)N2)c(O)c(C(C)(C)C)c1. The van der Waals surface area contributed by atoms with Gasteiger partial charge in [-0.15, -0.1) is 0 Å². The number of rotatable bonds is 1. The lowest BCUT2D eigenvalue weighted by atomic mass is 9.78. The van der Waals surface area contributed by atoms with Gasteiger partial charge in [0.1, 0.15) is 5.75 Å². The molecule has 116 valence electrons. The number of benzene rings is 1. The Labute approximate surface area is 126 Å². The molecular formula is C17H26N2O2. The van der Waals surface area contributed by atoms with Crippen LogP contribution >= 0.6 is 0 Å². The number of nitrogens with one attached hydrogen (secondary N) is 2. The average molecular weight is 290 g/mol. The fraction of sp³-hybridized carbons (Fsp3) is 0.588. The summed E-state index contributed by atoms with van der Waals surface area (Å²) in [6.45, 7) is 13.2. The first-order valence-electron chi connectivity index (χ1n) is 7.42. The van der Waals surface area contributed by atoms with Crippen LogP contribution in [0.3, 0.4) is 0 Å². The van der Waals surface area contributed by atoms with Crippen LogP contribution in [0.15, 0.2) is 12.1 Å². The third-order valence-electron chi connectivity index (χ3n) is 3.96. The van der Waals surface area contributed by atoms with Crippen molar-refractivity contribution in [3.8, 4) is 5.75 Å². The van der Waals surface area contributed by atoms with Crippen LogP contribution in [0.4, 0.5) is 4.79 Å². The molecule has 21 heavy (non-hydrogen) atoms. The summed E-state index contributed by atoms with van der Waals surface area (Å²) in [5, 5.41) is 16.3. The minimum atomic E-state index is -0.183. The van der Waals surface area contributed by atoms with E-state index >= 15 is 0 Å². The summed E-state index contributed by atoms with van der Waals surface area (Å²) in [5.74, 6) is 0.296. The molecule has 0 spiro atoms. The molecule has 1 aliphatic heterocycles. The number of hydrogen-bond donors (Lipinski definition) is 3. The summed E-state index contributed by atoms with van der Waals surface area (Å²) in [6.07, 6.45) is 0. The molecule has 1 saturated heterocycles. The molecule has 4 heteroatoms. The second-order valence-corrected chi connectivity index (χ2v) is 7.87. The monoisotopic (exact) mass is 290 g/mol. The van der Waals surface area contributed by atoms with Crippen LogP contribution in [0.5, 0.6) is 5.75 Å².